The van der Waals surface area contributed by atoms with Gasteiger partial charge in [-0.25, -0.2) is 17.2 Å². The highest BCUT2D eigenvalue weighted by atomic mass is 35.5. The van der Waals surface area contributed by atoms with E-state index in [-0.39, 0.29) is 30.6 Å². The average molecular weight is 474 g/mol. The summed E-state index contributed by atoms with van der Waals surface area (Å²) in [6.07, 6.45) is 1.10. The van der Waals surface area contributed by atoms with E-state index < -0.39 is 27.6 Å². The number of benzene rings is 2. The van der Waals surface area contributed by atoms with Crippen LogP contribution in [0.2, 0.25) is 5.02 Å². The van der Waals surface area contributed by atoms with Crippen molar-refractivity contribution in [3.8, 4) is 5.75 Å². The van der Waals surface area contributed by atoms with Gasteiger partial charge >= 0.3 is 5.97 Å². The van der Waals surface area contributed by atoms with Crippen LogP contribution in [0.4, 0.5) is 8.78 Å². The first kappa shape index (κ1) is 23.4. The number of ether oxygens (including phenoxy) is 2. The van der Waals surface area contributed by atoms with Crippen molar-refractivity contribution in [2.24, 2.45) is 5.92 Å². The van der Waals surface area contributed by atoms with Crippen LogP contribution in [0.1, 0.15) is 19.3 Å². The summed E-state index contributed by atoms with van der Waals surface area (Å²) in [7, 11) is -3.95. The van der Waals surface area contributed by atoms with Gasteiger partial charge in [-0.05, 0) is 55.3 Å². The molecule has 0 aromatic heterocycles. The fourth-order valence-electron chi connectivity index (χ4n) is 3.19. The first-order chi connectivity index (χ1) is 14.8. The molecular weight excluding hydrogens is 452 g/mol. The summed E-state index contributed by atoms with van der Waals surface area (Å²) in [6.45, 7) is 0.765. The Balaban J connectivity index is 1.41. The van der Waals surface area contributed by atoms with Gasteiger partial charge in [-0.2, -0.15) is 4.31 Å². The summed E-state index contributed by atoms with van der Waals surface area (Å²) < 4.78 is 63.7. The smallest absolute Gasteiger partial charge is 0.309 e. The van der Waals surface area contributed by atoms with E-state index in [1.54, 1.807) is 24.3 Å². The third-order valence-corrected chi connectivity index (χ3v) is 7.08. The number of nitrogens with zero attached hydrogens (tertiary/aromatic N) is 1. The molecule has 0 saturated carbocycles. The number of piperidine rings is 1. The Kier molecular flexibility index (Phi) is 7.85. The van der Waals surface area contributed by atoms with Crippen molar-refractivity contribution in [3.63, 3.8) is 0 Å². The van der Waals surface area contributed by atoms with Crippen molar-refractivity contribution >= 4 is 27.6 Å². The molecule has 0 spiro atoms. The van der Waals surface area contributed by atoms with Gasteiger partial charge in [0.05, 0.1) is 24.0 Å². The van der Waals surface area contributed by atoms with Crippen molar-refractivity contribution in [1.82, 2.24) is 4.31 Å². The Morgan fingerprint density at radius 1 is 1.03 bits per heavy atom. The minimum Gasteiger partial charge on any atom is -0.493 e. The summed E-state index contributed by atoms with van der Waals surface area (Å²) in [5.74, 6) is -2.45. The lowest BCUT2D eigenvalue weighted by atomic mass is 9.98. The minimum absolute atomic E-state index is 0.0980. The van der Waals surface area contributed by atoms with Crippen LogP contribution >= 0.6 is 11.6 Å². The molecule has 0 unspecified atom stereocenters. The first-order valence-corrected chi connectivity index (χ1v) is 11.6. The highest BCUT2D eigenvalue weighted by Crippen LogP contribution is 2.25. The zero-order valence-electron chi connectivity index (χ0n) is 16.6. The number of rotatable bonds is 8. The molecule has 6 nitrogen and oxygen atoms in total. The van der Waals surface area contributed by atoms with Crippen LogP contribution in [-0.2, 0) is 19.6 Å². The Morgan fingerprint density at radius 2 is 1.71 bits per heavy atom. The molecule has 3 rings (SSSR count). The van der Waals surface area contributed by atoms with Crippen LogP contribution in [0.5, 0.6) is 5.75 Å². The zero-order valence-corrected chi connectivity index (χ0v) is 18.2. The Bertz CT molecular complexity index is 1010. The molecule has 0 amide bonds. The van der Waals surface area contributed by atoms with Gasteiger partial charge in [-0.3, -0.25) is 4.79 Å². The molecule has 10 heteroatoms. The molecule has 1 aliphatic rings. The number of carbonyl (C=O) groups excluding carboxylic acids is 1. The fraction of sp³-hybridized carbons (Fsp3) is 0.381. The Morgan fingerprint density at radius 3 is 2.35 bits per heavy atom. The van der Waals surface area contributed by atoms with E-state index in [9.17, 15) is 22.0 Å². The summed E-state index contributed by atoms with van der Waals surface area (Å²) in [4.78, 5) is 11.9. The highest BCUT2D eigenvalue weighted by Gasteiger charge is 2.33. The topological polar surface area (TPSA) is 72.9 Å². The van der Waals surface area contributed by atoms with Crippen molar-refractivity contribution in [1.29, 1.82) is 0 Å². The summed E-state index contributed by atoms with van der Waals surface area (Å²) in [5.41, 5.74) is 0. The second kappa shape index (κ2) is 10.4. The van der Waals surface area contributed by atoms with E-state index in [1.807, 2.05) is 0 Å². The van der Waals surface area contributed by atoms with E-state index in [1.165, 1.54) is 4.31 Å². The zero-order chi connectivity index (χ0) is 22.4. The summed E-state index contributed by atoms with van der Waals surface area (Å²) in [5, 5.41) is 0.616. The molecule has 0 radical (unpaired) electrons. The molecule has 2 aromatic rings. The second-order valence-corrected chi connectivity index (χ2v) is 9.45. The maximum absolute atomic E-state index is 13.4. The number of carbonyl (C=O) groups is 1. The van der Waals surface area contributed by atoms with E-state index in [0.717, 1.165) is 12.1 Å². The lowest BCUT2D eigenvalue weighted by Gasteiger charge is -2.30. The Hall–Kier alpha value is -2.23. The minimum atomic E-state index is -3.95. The van der Waals surface area contributed by atoms with Gasteiger partial charge in [-0.1, -0.05) is 11.6 Å². The molecule has 0 N–H and O–H groups in total. The Labute approximate surface area is 184 Å². The van der Waals surface area contributed by atoms with Gasteiger partial charge < -0.3 is 9.47 Å². The molecule has 2 aromatic carbocycles. The van der Waals surface area contributed by atoms with Crippen LogP contribution in [0.3, 0.4) is 0 Å². The van der Waals surface area contributed by atoms with Crippen LogP contribution in [0.25, 0.3) is 0 Å². The van der Waals surface area contributed by atoms with Crippen LogP contribution in [-0.4, -0.2) is 45.0 Å². The van der Waals surface area contributed by atoms with Crippen molar-refractivity contribution in [2.45, 2.75) is 24.2 Å². The molecule has 0 aliphatic carbocycles. The predicted molar refractivity (Wildman–Crippen MR) is 110 cm³/mol. The van der Waals surface area contributed by atoms with Gasteiger partial charge in [0, 0.05) is 24.5 Å². The predicted octanol–water partition coefficient (Wildman–Crippen LogP) is 4.03. The van der Waals surface area contributed by atoms with E-state index in [2.05, 4.69) is 0 Å². The molecular formula is C21H22ClF2NO5S. The highest BCUT2D eigenvalue weighted by molar-refractivity contribution is 7.89. The SMILES string of the molecule is O=C(OCCCOc1ccc(Cl)cc1)C1CCN(S(=O)(=O)c2ccc(F)c(F)c2)CC1. The van der Waals surface area contributed by atoms with Crippen molar-refractivity contribution in [2.75, 3.05) is 26.3 Å². The normalized spacial score (nSPS) is 15.6. The molecule has 1 saturated heterocycles. The maximum Gasteiger partial charge on any atom is 0.309 e. The monoisotopic (exact) mass is 473 g/mol. The lowest BCUT2D eigenvalue weighted by molar-refractivity contribution is -0.150. The van der Waals surface area contributed by atoms with Crippen LogP contribution in [0, 0.1) is 17.6 Å². The first-order valence-electron chi connectivity index (χ1n) is 9.77. The van der Waals surface area contributed by atoms with Crippen molar-refractivity contribution < 1.29 is 31.5 Å². The van der Waals surface area contributed by atoms with Gasteiger partial charge in [0.1, 0.15) is 5.75 Å². The number of sulfonamides is 1. The molecule has 168 valence electrons. The van der Waals surface area contributed by atoms with Gasteiger partial charge in [-0.15, -0.1) is 0 Å². The summed E-state index contributed by atoms with van der Waals surface area (Å²) in [6, 6.07) is 9.40. The molecule has 1 fully saturated rings. The third kappa shape index (κ3) is 6.15. The number of hydrogen-bond donors (Lipinski definition) is 0. The van der Waals surface area contributed by atoms with Crippen LogP contribution < -0.4 is 4.74 Å². The molecule has 1 heterocycles. The van der Waals surface area contributed by atoms with E-state index in [0.29, 0.717) is 42.7 Å². The average Bonchev–Trinajstić information content (AvgIpc) is 2.76. The fourth-order valence-corrected chi connectivity index (χ4v) is 4.80. The molecule has 0 bridgehead atoms. The van der Waals surface area contributed by atoms with Gasteiger partial charge in [0.2, 0.25) is 10.0 Å². The number of hydrogen-bond acceptors (Lipinski definition) is 5. The molecule has 1 aliphatic heterocycles. The lowest BCUT2D eigenvalue weighted by Crippen LogP contribution is -2.40. The van der Waals surface area contributed by atoms with E-state index >= 15 is 0 Å². The van der Waals surface area contributed by atoms with E-state index in [4.69, 9.17) is 21.1 Å². The van der Waals surface area contributed by atoms with Crippen molar-refractivity contribution in [3.05, 3.63) is 59.1 Å². The number of halogens is 3. The molecule has 31 heavy (non-hydrogen) atoms. The van der Waals surface area contributed by atoms with Gasteiger partial charge in [0.15, 0.2) is 11.6 Å². The largest absolute Gasteiger partial charge is 0.493 e. The molecule has 0 atom stereocenters. The standard InChI is InChI=1S/C21H22ClF2NO5S/c22-16-2-4-17(5-3-16)29-12-1-13-30-21(26)15-8-10-25(11-9-15)31(27,28)18-6-7-19(23)20(24)14-18/h2-7,14-15H,1,8-13H2. The van der Waals surface area contributed by atoms with Gasteiger partial charge in [0.25, 0.3) is 0 Å². The number of esters is 1. The summed E-state index contributed by atoms with van der Waals surface area (Å²) >= 11 is 5.80. The second-order valence-electron chi connectivity index (χ2n) is 7.08. The quantitative estimate of drug-likeness (QED) is 0.427. The van der Waals surface area contributed by atoms with Crippen LogP contribution in [0.15, 0.2) is 47.4 Å². The maximum atomic E-state index is 13.4. The third-order valence-electron chi connectivity index (χ3n) is 4.93.